The number of hydrogen-bond donors (Lipinski definition) is 1. The monoisotopic (exact) mass is 269 g/mol. The largest absolute Gasteiger partial charge is 0.478 e. The second-order valence-electron chi connectivity index (χ2n) is 4.59. The van der Waals surface area contributed by atoms with Crippen molar-refractivity contribution in [3.05, 3.63) is 29.8 Å². The molecule has 5 nitrogen and oxygen atoms in total. The topological polar surface area (TPSA) is 74.7 Å². The van der Waals surface area contributed by atoms with E-state index in [0.29, 0.717) is 19.0 Å². The van der Waals surface area contributed by atoms with Crippen LogP contribution in [0, 0.1) is 5.92 Å². The van der Waals surface area contributed by atoms with Gasteiger partial charge in [0.05, 0.1) is 10.5 Å². The maximum absolute atomic E-state index is 12.3. The smallest absolute Gasteiger partial charge is 0.335 e. The van der Waals surface area contributed by atoms with Crippen molar-refractivity contribution in [2.75, 3.05) is 13.1 Å². The molecule has 0 aliphatic carbocycles. The highest BCUT2D eigenvalue weighted by Gasteiger charge is 2.30. The van der Waals surface area contributed by atoms with Crippen molar-refractivity contribution in [3.8, 4) is 0 Å². The van der Waals surface area contributed by atoms with E-state index in [2.05, 4.69) is 0 Å². The molecule has 1 aromatic carbocycles. The summed E-state index contributed by atoms with van der Waals surface area (Å²) in [4.78, 5) is 10.9. The Labute approximate surface area is 106 Å². The minimum absolute atomic E-state index is 0.0108. The zero-order valence-corrected chi connectivity index (χ0v) is 10.9. The summed E-state index contributed by atoms with van der Waals surface area (Å²) in [6.07, 6.45) is 0.845. The quantitative estimate of drug-likeness (QED) is 0.900. The van der Waals surface area contributed by atoms with Crippen LogP contribution < -0.4 is 0 Å². The van der Waals surface area contributed by atoms with E-state index >= 15 is 0 Å². The molecule has 0 spiro atoms. The fraction of sp³-hybridized carbons (Fsp3) is 0.417. The molecule has 1 unspecified atom stereocenters. The van der Waals surface area contributed by atoms with Gasteiger partial charge in [0, 0.05) is 13.1 Å². The van der Waals surface area contributed by atoms with Crippen molar-refractivity contribution in [1.29, 1.82) is 0 Å². The Bertz CT molecular complexity index is 567. The predicted octanol–water partition coefficient (Wildman–Crippen LogP) is 1.42. The summed E-state index contributed by atoms with van der Waals surface area (Å²) in [5.41, 5.74) is -0.0108. The molecule has 1 aliphatic heterocycles. The van der Waals surface area contributed by atoms with Crippen LogP contribution in [-0.4, -0.2) is 36.9 Å². The molecule has 98 valence electrons. The summed E-state index contributed by atoms with van der Waals surface area (Å²) in [6.45, 7) is 3.00. The standard InChI is InChI=1S/C12H15NO4S/c1-9-5-6-13(8-9)18(16,17)11-4-2-3-10(7-11)12(14)15/h2-4,7,9H,5-6,8H2,1H3,(H,14,15). The van der Waals surface area contributed by atoms with Gasteiger partial charge in [0.15, 0.2) is 0 Å². The Morgan fingerprint density at radius 1 is 1.44 bits per heavy atom. The highest BCUT2D eigenvalue weighted by molar-refractivity contribution is 7.89. The number of sulfonamides is 1. The molecule has 18 heavy (non-hydrogen) atoms. The molecule has 0 amide bonds. The van der Waals surface area contributed by atoms with Crippen LogP contribution in [0.3, 0.4) is 0 Å². The maximum atomic E-state index is 12.3. The van der Waals surface area contributed by atoms with Crippen LogP contribution in [0.4, 0.5) is 0 Å². The van der Waals surface area contributed by atoms with Crippen molar-refractivity contribution in [1.82, 2.24) is 4.31 Å². The summed E-state index contributed by atoms with van der Waals surface area (Å²) in [5.74, 6) is -0.774. The van der Waals surface area contributed by atoms with Crippen molar-refractivity contribution >= 4 is 16.0 Å². The van der Waals surface area contributed by atoms with E-state index in [-0.39, 0.29) is 10.5 Å². The van der Waals surface area contributed by atoms with Gasteiger partial charge in [-0.25, -0.2) is 13.2 Å². The number of hydrogen-bond acceptors (Lipinski definition) is 3. The minimum Gasteiger partial charge on any atom is -0.478 e. The molecule has 1 aromatic rings. The average Bonchev–Trinajstić information content (AvgIpc) is 2.77. The number of carboxylic acid groups (broad SMARTS) is 1. The van der Waals surface area contributed by atoms with Crippen molar-refractivity contribution in [3.63, 3.8) is 0 Å². The second kappa shape index (κ2) is 4.70. The van der Waals surface area contributed by atoms with Crippen molar-refractivity contribution < 1.29 is 18.3 Å². The van der Waals surface area contributed by atoms with E-state index in [1.54, 1.807) is 0 Å². The summed E-state index contributed by atoms with van der Waals surface area (Å²) in [6, 6.07) is 5.48. The lowest BCUT2D eigenvalue weighted by Gasteiger charge is -2.16. The lowest BCUT2D eigenvalue weighted by molar-refractivity contribution is 0.0696. The van der Waals surface area contributed by atoms with Gasteiger partial charge in [0.1, 0.15) is 0 Å². The molecular weight excluding hydrogens is 254 g/mol. The first-order chi connectivity index (χ1) is 8.41. The summed E-state index contributed by atoms with van der Waals surface area (Å²) >= 11 is 0. The van der Waals surface area contributed by atoms with Gasteiger partial charge in [-0.2, -0.15) is 4.31 Å². The molecule has 6 heteroatoms. The zero-order chi connectivity index (χ0) is 13.3. The van der Waals surface area contributed by atoms with E-state index in [4.69, 9.17) is 5.11 Å². The first kappa shape index (κ1) is 13.0. The highest BCUT2D eigenvalue weighted by atomic mass is 32.2. The van der Waals surface area contributed by atoms with Crippen LogP contribution in [-0.2, 0) is 10.0 Å². The van der Waals surface area contributed by atoms with Gasteiger partial charge < -0.3 is 5.11 Å². The van der Waals surface area contributed by atoms with Gasteiger partial charge >= 0.3 is 5.97 Å². The van der Waals surface area contributed by atoms with Crippen LogP contribution in [0.2, 0.25) is 0 Å². The molecular formula is C12H15NO4S. The molecule has 0 radical (unpaired) electrons. The number of carbonyl (C=O) groups is 1. The summed E-state index contributed by atoms with van der Waals surface area (Å²) in [7, 11) is -3.56. The molecule has 0 bridgehead atoms. The first-order valence-electron chi connectivity index (χ1n) is 5.75. The number of nitrogens with zero attached hydrogens (tertiary/aromatic N) is 1. The molecule has 0 aromatic heterocycles. The predicted molar refractivity (Wildman–Crippen MR) is 65.9 cm³/mol. The lowest BCUT2D eigenvalue weighted by atomic mass is 10.2. The Morgan fingerprint density at radius 3 is 2.72 bits per heavy atom. The van der Waals surface area contributed by atoms with Crippen molar-refractivity contribution in [2.24, 2.45) is 5.92 Å². The molecule has 1 fully saturated rings. The Kier molecular flexibility index (Phi) is 3.41. The van der Waals surface area contributed by atoms with Crippen LogP contribution in [0.1, 0.15) is 23.7 Å². The van der Waals surface area contributed by atoms with Crippen LogP contribution in [0.25, 0.3) is 0 Å². The highest BCUT2D eigenvalue weighted by Crippen LogP contribution is 2.24. The second-order valence-corrected chi connectivity index (χ2v) is 6.53. The summed E-state index contributed by atoms with van der Waals surface area (Å²) in [5, 5.41) is 8.87. The van der Waals surface area contributed by atoms with Crippen molar-refractivity contribution in [2.45, 2.75) is 18.2 Å². The molecule has 1 saturated heterocycles. The molecule has 2 rings (SSSR count). The van der Waals surface area contributed by atoms with Crippen LogP contribution >= 0.6 is 0 Å². The van der Waals surface area contributed by atoms with Crippen LogP contribution in [0.15, 0.2) is 29.2 Å². The van der Waals surface area contributed by atoms with E-state index < -0.39 is 16.0 Å². The minimum atomic E-state index is -3.56. The molecule has 1 aliphatic rings. The Balaban J connectivity index is 2.35. The number of carboxylic acids is 1. The van der Waals surface area contributed by atoms with E-state index in [0.717, 1.165) is 6.42 Å². The third-order valence-corrected chi connectivity index (χ3v) is 4.97. The van der Waals surface area contributed by atoms with Gasteiger partial charge in [0.25, 0.3) is 0 Å². The third-order valence-electron chi connectivity index (χ3n) is 3.11. The normalized spacial score (nSPS) is 21.1. The lowest BCUT2D eigenvalue weighted by Crippen LogP contribution is -2.28. The van der Waals surface area contributed by atoms with E-state index in [9.17, 15) is 13.2 Å². The van der Waals surface area contributed by atoms with E-state index in [1.807, 2.05) is 6.92 Å². The number of rotatable bonds is 3. The molecule has 1 N–H and O–H groups in total. The van der Waals surface area contributed by atoms with Gasteiger partial charge in [-0.3, -0.25) is 0 Å². The fourth-order valence-electron chi connectivity index (χ4n) is 2.05. The average molecular weight is 269 g/mol. The molecule has 0 saturated carbocycles. The Hall–Kier alpha value is -1.40. The zero-order valence-electron chi connectivity index (χ0n) is 10.0. The Morgan fingerprint density at radius 2 is 2.17 bits per heavy atom. The number of aromatic carboxylic acids is 1. The maximum Gasteiger partial charge on any atom is 0.335 e. The van der Waals surface area contributed by atoms with E-state index in [1.165, 1.54) is 28.6 Å². The first-order valence-corrected chi connectivity index (χ1v) is 7.19. The van der Waals surface area contributed by atoms with Crippen LogP contribution in [0.5, 0.6) is 0 Å². The fourth-order valence-corrected chi connectivity index (χ4v) is 3.67. The van der Waals surface area contributed by atoms with Gasteiger partial charge in [-0.1, -0.05) is 13.0 Å². The SMILES string of the molecule is CC1CCN(S(=O)(=O)c2cccc(C(=O)O)c2)C1. The molecule has 1 atom stereocenters. The van der Waals surface area contributed by atoms with Gasteiger partial charge in [-0.05, 0) is 30.5 Å². The van der Waals surface area contributed by atoms with Gasteiger partial charge in [0.2, 0.25) is 10.0 Å². The third kappa shape index (κ3) is 2.39. The summed E-state index contributed by atoms with van der Waals surface area (Å²) < 4.78 is 26.0. The molecule has 1 heterocycles. The number of benzene rings is 1. The van der Waals surface area contributed by atoms with Gasteiger partial charge in [-0.15, -0.1) is 0 Å².